The lowest BCUT2D eigenvalue weighted by Gasteiger charge is -2.30. The zero-order chi connectivity index (χ0) is 23.3. The number of hydrogen-bond donors (Lipinski definition) is 1. The van der Waals surface area contributed by atoms with Gasteiger partial charge in [0.25, 0.3) is 0 Å². The smallest absolute Gasteiger partial charge is 0.198 e. The van der Waals surface area contributed by atoms with Crippen LogP contribution < -0.4 is 0 Å². The predicted molar refractivity (Wildman–Crippen MR) is 133 cm³/mol. The Morgan fingerprint density at radius 1 is 0.971 bits per heavy atom. The molecule has 4 aromatic rings. The topological polar surface area (TPSA) is 86.2 Å². The van der Waals surface area contributed by atoms with Crippen molar-refractivity contribution < 1.29 is 0 Å². The molecule has 0 bridgehead atoms. The second-order valence-electron chi connectivity index (χ2n) is 8.40. The molecular weight excluding hydrogens is 424 g/mol. The van der Waals surface area contributed by atoms with Gasteiger partial charge in [0.05, 0.1) is 0 Å². The average Bonchev–Trinajstić information content (AvgIpc) is 3.53. The molecule has 8 heteroatoms. The van der Waals surface area contributed by atoms with Crippen LogP contribution in [-0.4, -0.2) is 55.1 Å². The van der Waals surface area contributed by atoms with E-state index in [4.69, 9.17) is 4.99 Å². The van der Waals surface area contributed by atoms with Gasteiger partial charge in [0.2, 0.25) is 0 Å². The summed E-state index contributed by atoms with van der Waals surface area (Å²) in [4.78, 5) is 9.61. The van der Waals surface area contributed by atoms with Crippen LogP contribution in [-0.2, 0) is 6.42 Å². The molecule has 1 N–H and O–H groups in total. The molecule has 0 fully saturated rings. The number of nitrogens with zero attached hydrogens (tertiary/aromatic N) is 7. The Morgan fingerprint density at radius 3 is 2.53 bits per heavy atom. The number of hydrazine groups is 1. The summed E-state index contributed by atoms with van der Waals surface area (Å²) in [6.45, 7) is 3.19. The predicted octanol–water partition coefficient (Wildman–Crippen LogP) is 4.53. The fraction of sp³-hybridized carbons (Fsp3) is 0.269. The second-order valence-corrected chi connectivity index (χ2v) is 8.40. The zero-order valence-corrected chi connectivity index (χ0v) is 19.5. The van der Waals surface area contributed by atoms with E-state index >= 15 is 0 Å². The van der Waals surface area contributed by atoms with E-state index in [0.717, 1.165) is 48.5 Å². The van der Waals surface area contributed by atoms with E-state index in [1.54, 1.807) is 6.20 Å². The van der Waals surface area contributed by atoms with E-state index in [-0.39, 0.29) is 6.17 Å². The number of aromatic amines is 1. The molecule has 3 heterocycles. The summed E-state index contributed by atoms with van der Waals surface area (Å²) in [7, 11) is 2.13. The Bertz CT molecular complexity index is 1240. The number of tetrazole rings is 1. The van der Waals surface area contributed by atoms with Crippen LogP contribution >= 0.6 is 0 Å². The summed E-state index contributed by atoms with van der Waals surface area (Å²) in [5.74, 6) is 1.66. The molecule has 0 spiro atoms. The average molecular weight is 453 g/mol. The molecule has 1 unspecified atom stereocenters. The second kappa shape index (κ2) is 9.93. The molecule has 0 saturated carbocycles. The summed E-state index contributed by atoms with van der Waals surface area (Å²) in [6.07, 6.45) is 4.82. The number of pyridine rings is 1. The number of unbranched alkanes of at least 4 members (excludes halogenated alkanes) is 1. The van der Waals surface area contributed by atoms with E-state index in [2.05, 4.69) is 98.1 Å². The van der Waals surface area contributed by atoms with E-state index in [0.29, 0.717) is 5.82 Å². The van der Waals surface area contributed by atoms with Gasteiger partial charge >= 0.3 is 0 Å². The quantitative estimate of drug-likeness (QED) is 0.423. The van der Waals surface area contributed by atoms with Crippen molar-refractivity contribution in [1.82, 2.24) is 35.6 Å². The van der Waals surface area contributed by atoms with Crippen molar-refractivity contribution in [2.24, 2.45) is 4.99 Å². The Labute approximate surface area is 199 Å². The highest BCUT2D eigenvalue weighted by Gasteiger charge is 2.31. The van der Waals surface area contributed by atoms with Crippen LogP contribution in [0.3, 0.4) is 0 Å². The summed E-state index contributed by atoms with van der Waals surface area (Å²) < 4.78 is 0. The molecule has 0 saturated heterocycles. The number of aliphatic imine (C=N–C) groups is 1. The minimum Gasteiger partial charge on any atom is -0.291 e. The van der Waals surface area contributed by atoms with Gasteiger partial charge in [-0.2, -0.15) is 5.01 Å². The molecule has 34 heavy (non-hydrogen) atoms. The van der Waals surface area contributed by atoms with Gasteiger partial charge in [-0.05, 0) is 39.6 Å². The van der Waals surface area contributed by atoms with Crippen LogP contribution in [0.5, 0.6) is 0 Å². The first kappa shape index (κ1) is 21.9. The Morgan fingerprint density at radius 2 is 1.79 bits per heavy atom. The molecule has 0 radical (unpaired) electrons. The Balaban J connectivity index is 1.40. The van der Waals surface area contributed by atoms with Gasteiger partial charge in [0.1, 0.15) is 17.7 Å². The highest BCUT2D eigenvalue weighted by atomic mass is 15.7. The molecule has 5 rings (SSSR count). The maximum Gasteiger partial charge on any atom is 0.198 e. The summed E-state index contributed by atoms with van der Waals surface area (Å²) in [6, 6.07) is 23.1. The molecule has 8 nitrogen and oxygen atoms in total. The maximum absolute atomic E-state index is 5.13. The maximum atomic E-state index is 5.13. The number of H-pyrrole nitrogens is 1. The Kier molecular flexibility index (Phi) is 6.40. The number of nitrogens with one attached hydrogen (secondary N) is 1. The third-order valence-electron chi connectivity index (χ3n) is 6.13. The lowest BCUT2D eigenvalue weighted by molar-refractivity contribution is 0.0549. The van der Waals surface area contributed by atoms with Gasteiger partial charge < -0.3 is 0 Å². The highest BCUT2D eigenvalue weighted by Crippen LogP contribution is 2.31. The highest BCUT2D eigenvalue weighted by molar-refractivity contribution is 5.86. The summed E-state index contributed by atoms with van der Waals surface area (Å²) in [5, 5.41) is 18.8. The molecule has 1 aliphatic heterocycles. The van der Waals surface area contributed by atoms with Crippen molar-refractivity contribution in [1.29, 1.82) is 0 Å². The standard InChI is InChI=1S/C26H28N8/c1-3-4-17-34-23(28-26(33(34)2)21-9-6-5-7-10-21)18-19-12-14-20(15-13-19)22-11-8-16-27-24(22)25-29-31-32-30-25/h5-16,26H,3-4,17-18H2,1-2H3,(H,29,30,31,32). The van der Waals surface area contributed by atoms with Gasteiger partial charge in [-0.25, -0.2) is 10.1 Å². The van der Waals surface area contributed by atoms with Crippen LogP contribution in [0.25, 0.3) is 22.6 Å². The largest absolute Gasteiger partial charge is 0.291 e. The molecule has 0 aliphatic carbocycles. The van der Waals surface area contributed by atoms with Crippen LogP contribution in [0.1, 0.15) is 37.1 Å². The van der Waals surface area contributed by atoms with Crippen molar-refractivity contribution in [2.75, 3.05) is 13.6 Å². The number of benzene rings is 2. The van der Waals surface area contributed by atoms with Crippen LogP contribution in [0.2, 0.25) is 0 Å². The number of aromatic nitrogens is 5. The fourth-order valence-corrected chi connectivity index (χ4v) is 4.32. The van der Waals surface area contributed by atoms with Gasteiger partial charge in [-0.3, -0.25) is 9.99 Å². The minimum absolute atomic E-state index is 0.0146. The van der Waals surface area contributed by atoms with Crippen LogP contribution in [0, 0.1) is 0 Å². The van der Waals surface area contributed by atoms with Gasteiger partial charge in [0, 0.05) is 31.8 Å². The molecular formula is C26H28N8. The van der Waals surface area contributed by atoms with Crippen molar-refractivity contribution in [3.05, 3.63) is 84.1 Å². The lowest BCUT2D eigenvalue weighted by Crippen LogP contribution is -2.41. The monoisotopic (exact) mass is 452 g/mol. The van der Waals surface area contributed by atoms with Gasteiger partial charge in [0.15, 0.2) is 5.82 Å². The molecule has 0 amide bonds. The van der Waals surface area contributed by atoms with E-state index in [9.17, 15) is 0 Å². The normalized spacial score (nSPS) is 16.1. The lowest BCUT2D eigenvalue weighted by atomic mass is 10.0. The molecule has 1 atom stereocenters. The molecule has 2 aromatic carbocycles. The third kappa shape index (κ3) is 4.45. The zero-order valence-electron chi connectivity index (χ0n) is 19.5. The Hall–Kier alpha value is -3.91. The number of amidine groups is 1. The SMILES string of the molecule is CCCCN1C(Cc2ccc(-c3cccnc3-c3nnn[nH]3)cc2)=NC(c2ccccc2)N1C. The van der Waals surface area contributed by atoms with Crippen LogP contribution in [0.15, 0.2) is 77.9 Å². The number of rotatable bonds is 8. The van der Waals surface area contributed by atoms with Crippen molar-refractivity contribution in [2.45, 2.75) is 32.4 Å². The number of hydrogen-bond acceptors (Lipinski definition) is 7. The summed E-state index contributed by atoms with van der Waals surface area (Å²) >= 11 is 0. The molecule has 2 aromatic heterocycles. The van der Waals surface area contributed by atoms with Crippen LogP contribution in [0.4, 0.5) is 0 Å². The first-order valence-corrected chi connectivity index (χ1v) is 11.6. The van der Waals surface area contributed by atoms with E-state index in [1.807, 2.05) is 18.2 Å². The van der Waals surface area contributed by atoms with Gasteiger partial charge in [-0.1, -0.05) is 74.0 Å². The van der Waals surface area contributed by atoms with E-state index < -0.39 is 0 Å². The van der Waals surface area contributed by atoms with Crippen molar-refractivity contribution in [3.8, 4) is 22.6 Å². The first-order chi connectivity index (χ1) is 16.7. The summed E-state index contributed by atoms with van der Waals surface area (Å²) in [5.41, 5.74) is 5.22. The third-order valence-corrected chi connectivity index (χ3v) is 6.13. The van der Waals surface area contributed by atoms with Crippen molar-refractivity contribution >= 4 is 5.84 Å². The van der Waals surface area contributed by atoms with Gasteiger partial charge in [-0.15, -0.1) is 5.10 Å². The molecule has 1 aliphatic rings. The van der Waals surface area contributed by atoms with Crippen molar-refractivity contribution in [3.63, 3.8) is 0 Å². The fourth-order valence-electron chi connectivity index (χ4n) is 4.32. The molecule has 172 valence electrons. The minimum atomic E-state index is 0.0146. The van der Waals surface area contributed by atoms with E-state index in [1.165, 1.54) is 11.1 Å². The first-order valence-electron chi connectivity index (χ1n) is 11.6.